The molecule has 0 bridgehead atoms. The second-order valence-electron chi connectivity index (χ2n) is 2.44. The molecular formula is C5H4Cl3F3O2. The summed E-state index contributed by atoms with van der Waals surface area (Å²) in [4.78, 5) is 0. The van der Waals surface area contributed by atoms with Crippen LogP contribution in [0.25, 0.3) is 0 Å². The standard InChI is InChI=1S/C5H4Cl3F3O2/c6-5(7,8)3(1-12-3)13-2-4(9,10)11/h1-2H2. The Morgan fingerprint density at radius 2 is 1.77 bits per heavy atom. The number of rotatable bonds is 2. The van der Waals surface area contributed by atoms with Crippen molar-refractivity contribution in [1.82, 2.24) is 0 Å². The molecule has 0 saturated carbocycles. The molecule has 0 aromatic heterocycles. The average Bonchev–Trinajstić information content (AvgIpc) is 2.58. The van der Waals surface area contributed by atoms with Gasteiger partial charge >= 0.3 is 6.18 Å². The summed E-state index contributed by atoms with van der Waals surface area (Å²) < 4.78 is 41.9. The van der Waals surface area contributed by atoms with Gasteiger partial charge in [0.05, 0.1) is 0 Å². The third-order valence-corrected chi connectivity index (χ3v) is 2.17. The Kier molecular flexibility index (Phi) is 2.97. The SMILES string of the molecule is FC(F)(F)COC1(C(Cl)(Cl)Cl)CO1. The molecule has 0 radical (unpaired) electrons. The van der Waals surface area contributed by atoms with Gasteiger partial charge in [0.25, 0.3) is 0 Å². The van der Waals surface area contributed by atoms with Crippen molar-refractivity contribution in [2.45, 2.75) is 15.8 Å². The highest BCUT2D eigenvalue weighted by Crippen LogP contribution is 2.50. The van der Waals surface area contributed by atoms with E-state index in [4.69, 9.17) is 34.8 Å². The predicted molar refractivity (Wildman–Crippen MR) is 41.0 cm³/mol. The van der Waals surface area contributed by atoms with Crippen molar-refractivity contribution >= 4 is 34.8 Å². The number of ether oxygens (including phenoxy) is 2. The van der Waals surface area contributed by atoms with E-state index in [0.29, 0.717) is 0 Å². The molecule has 0 aliphatic carbocycles. The van der Waals surface area contributed by atoms with Crippen LogP contribution in [0.2, 0.25) is 0 Å². The van der Waals surface area contributed by atoms with E-state index < -0.39 is 22.4 Å². The molecule has 2 nitrogen and oxygen atoms in total. The maximum Gasteiger partial charge on any atom is 0.411 e. The van der Waals surface area contributed by atoms with Gasteiger partial charge in [0.15, 0.2) is 0 Å². The highest BCUT2D eigenvalue weighted by atomic mass is 35.6. The van der Waals surface area contributed by atoms with Crippen LogP contribution in [-0.4, -0.2) is 29.0 Å². The molecule has 1 heterocycles. The van der Waals surface area contributed by atoms with E-state index in [9.17, 15) is 13.2 Å². The van der Waals surface area contributed by atoms with Gasteiger partial charge < -0.3 is 9.47 Å². The lowest BCUT2D eigenvalue weighted by Crippen LogP contribution is -2.36. The summed E-state index contributed by atoms with van der Waals surface area (Å²) in [7, 11) is 0. The Morgan fingerprint density at radius 1 is 1.31 bits per heavy atom. The maximum atomic E-state index is 11.7. The van der Waals surface area contributed by atoms with E-state index in [1.54, 1.807) is 0 Å². The minimum atomic E-state index is -4.46. The van der Waals surface area contributed by atoms with Gasteiger partial charge in [-0.05, 0) is 0 Å². The van der Waals surface area contributed by atoms with Crippen molar-refractivity contribution in [2.75, 3.05) is 13.2 Å². The van der Waals surface area contributed by atoms with Crippen LogP contribution in [0.4, 0.5) is 13.2 Å². The predicted octanol–water partition coefficient (Wildman–Crippen LogP) is 2.66. The lowest BCUT2D eigenvalue weighted by molar-refractivity contribution is -0.202. The van der Waals surface area contributed by atoms with Crippen molar-refractivity contribution in [2.24, 2.45) is 0 Å². The van der Waals surface area contributed by atoms with Crippen LogP contribution < -0.4 is 0 Å². The van der Waals surface area contributed by atoms with Gasteiger partial charge in [-0.2, -0.15) is 13.2 Å². The monoisotopic (exact) mass is 258 g/mol. The Balaban J connectivity index is 2.46. The normalized spacial score (nSPS) is 29.1. The summed E-state index contributed by atoms with van der Waals surface area (Å²) in [5.74, 6) is -1.73. The first-order chi connectivity index (χ1) is 5.66. The first kappa shape index (κ1) is 11.7. The van der Waals surface area contributed by atoms with Crippen LogP contribution >= 0.6 is 34.8 Å². The van der Waals surface area contributed by atoms with Gasteiger partial charge in [-0.25, -0.2) is 0 Å². The van der Waals surface area contributed by atoms with Crippen LogP contribution in [0.15, 0.2) is 0 Å². The van der Waals surface area contributed by atoms with Crippen LogP contribution in [0.1, 0.15) is 0 Å². The summed E-state index contributed by atoms with van der Waals surface area (Å²) in [5, 5.41) is 0. The van der Waals surface area contributed by atoms with Gasteiger partial charge in [-0.15, -0.1) is 0 Å². The smallest absolute Gasteiger partial charge is 0.339 e. The minimum Gasteiger partial charge on any atom is -0.339 e. The Hall–Kier alpha value is 0.580. The van der Waals surface area contributed by atoms with Gasteiger partial charge in [-0.1, -0.05) is 34.8 Å². The second-order valence-corrected chi connectivity index (χ2v) is 4.72. The van der Waals surface area contributed by atoms with Crippen molar-refractivity contribution in [3.63, 3.8) is 0 Å². The first-order valence-electron chi connectivity index (χ1n) is 3.08. The minimum absolute atomic E-state index is 0.153. The van der Waals surface area contributed by atoms with Crippen LogP contribution in [0.3, 0.4) is 0 Å². The number of hydrogen-bond acceptors (Lipinski definition) is 2. The molecule has 1 saturated heterocycles. The molecule has 8 heteroatoms. The highest BCUT2D eigenvalue weighted by Gasteiger charge is 2.63. The summed E-state index contributed by atoms with van der Waals surface area (Å²) in [5.41, 5.74) is 0. The molecule has 0 aromatic rings. The number of hydrogen-bond donors (Lipinski definition) is 0. The molecule has 13 heavy (non-hydrogen) atoms. The Bertz CT molecular complexity index is 196. The number of epoxide rings is 1. The summed E-state index contributed by atoms with van der Waals surface area (Å²) in [6, 6.07) is 0. The van der Waals surface area contributed by atoms with E-state index in [0.717, 1.165) is 0 Å². The molecule has 78 valence electrons. The fourth-order valence-corrected chi connectivity index (χ4v) is 1.08. The third-order valence-electron chi connectivity index (χ3n) is 1.31. The Morgan fingerprint density at radius 3 is 2.00 bits per heavy atom. The lowest BCUT2D eigenvalue weighted by atomic mass is 10.4. The number of alkyl halides is 6. The molecule has 0 aromatic carbocycles. The van der Waals surface area contributed by atoms with E-state index >= 15 is 0 Å². The molecule has 0 spiro atoms. The maximum absolute atomic E-state index is 11.7. The van der Waals surface area contributed by atoms with Crippen LogP contribution in [0, 0.1) is 0 Å². The van der Waals surface area contributed by atoms with Crippen molar-refractivity contribution in [1.29, 1.82) is 0 Å². The topological polar surface area (TPSA) is 21.8 Å². The van der Waals surface area contributed by atoms with E-state index in [-0.39, 0.29) is 6.61 Å². The molecule has 1 unspecified atom stereocenters. The van der Waals surface area contributed by atoms with Gasteiger partial charge in [0.1, 0.15) is 13.2 Å². The average molecular weight is 259 g/mol. The Labute approximate surface area is 86.8 Å². The zero-order valence-corrected chi connectivity index (χ0v) is 8.27. The van der Waals surface area contributed by atoms with E-state index in [1.807, 2.05) is 0 Å². The molecule has 1 fully saturated rings. The molecule has 0 N–H and O–H groups in total. The zero-order chi connectivity index (χ0) is 10.3. The molecule has 1 aliphatic rings. The summed E-state index contributed by atoms with van der Waals surface area (Å²) in [6.07, 6.45) is -4.46. The van der Waals surface area contributed by atoms with E-state index in [1.165, 1.54) is 0 Å². The molecule has 1 atom stereocenters. The van der Waals surface area contributed by atoms with Gasteiger partial charge in [0, 0.05) is 0 Å². The second kappa shape index (κ2) is 3.31. The molecule has 0 amide bonds. The first-order valence-corrected chi connectivity index (χ1v) is 4.21. The molecular weight excluding hydrogens is 255 g/mol. The largest absolute Gasteiger partial charge is 0.411 e. The molecule has 1 aliphatic heterocycles. The van der Waals surface area contributed by atoms with Crippen LogP contribution in [0.5, 0.6) is 0 Å². The van der Waals surface area contributed by atoms with Crippen molar-refractivity contribution in [3.05, 3.63) is 0 Å². The van der Waals surface area contributed by atoms with Crippen molar-refractivity contribution in [3.8, 4) is 0 Å². The summed E-state index contributed by atoms with van der Waals surface area (Å²) in [6.45, 7) is -1.65. The highest BCUT2D eigenvalue weighted by molar-refractivity contribution is 6.68. The van der Waals surface area contributed by atoms with Crippen LogP contribution in [-0.2, 0) is 9.47 Å². The fourth-order valence-electron chi connectivity index (χ4n) is 0.593. The van der Waals surface area contributed by atoms with Gasteiger partial charge in [0.2, 0.25) is 9.58 Å². The third kappa shape index (κ3) is 3.02. The molecule has 1 rings (SSSR count). The van der Waals surface area contributed by atoms with Gasteiger partial charge in [-0.3, -0.25) is 0 Å². The number of halogens is 6. The summed E-state index contributed by atoms with van der Waals surface area (Å²) >= 11 is 16.0. The van der Waals surface area contributed by atoms with E-state index in [2.05, 4.69) is 9.47 Å². The quantitative estimate of drug-likeness (QED) is 0.562. The fraction of sp³-hybridized carbons (Fsp3) is 1.00. The van der Waals surface area contributed by atoms with Crippen molar-refractivity contribution < 1.29 is 22.6 Å². The lowest BCUT2D eigenvalue weighted by Gasteiger charge is -2.21. The zero-order valence-electron chi connectivity index (χ0n) is 6.00.